The first-order valence-electron chi connectivity index (χ1n) is 5.21. The van der Waals surface area contributed by atoms with Crippen molar-refractivity contribution in [2.45, 2.75) is 6.54 Å². The molecule has 0 radical (unpaired) electrons. The summed E-state index contributed by atoms with van der Waals surface area (Å²) in [6, 6.07) is 4.78. The number of carboxylic acid groups (broad SMARTS) is 1. The molecule has 0 atom stereocenters. The molecule has 19 heavy (non-hydrogen) atoms. The summed E-state index contributed by atoms with van der Waals surface area (Å²) in [4.78, 5) is 25.7. The second-order valence-corrected chi connectivity index (χ2v) is 3.74. The van der Waals surface area contributed by atoms with Crippen molar-refractivity contribution in [3.63, 3.8) is 0 Å². The number of rotatable bonds is 3. The smallest absolute Gasteiger partial charge is 0.323 e. The van der Waals surface area contributed by atoms with Crippen molar-refractivity contribution in [3.8, 4) is 11.3 Å². The van der Waals surface area contributed by atoms with Crippen LogP contribution in [0.5, 0.6) is 0 Å². The highest BCUT2D eigenvalue weighted by molar-refractivity contribution is 5.66. The van der Waals surface area contributed by atoms with Gasteiger partial charge in [0.2, 0.25) is 5.82 Å². The fraction of sp³-hybridized carbons (Fsp3) is 0.0833. The van der Waals surface area contributed by atoms with Gasteiger partial charge >= 0.3 is 5.97 Å². The zero-order valence-electron chi connectivity index (χ0n) is 9.51. The Kier molecular flexibility index (Phi) is 3.37. The molecular weight excluding hydrogens is 258 g/mol. The number of aliphatic carboxylic acids is 1. The van der Waals surface area contributed by atoms with Gasteiger partial charge < -0.3 is 5.11 Å². The van der Waals surface area contributed by atoms with Crippen LogP contribution in [0.4, 0.5) is 8.78 Å². The minimum Gasteiger partial charge on any atom is -0.480 e. The van der Waals surface area contributed by atoms with Crippen LogP contribution in [-0.4, -0.2) is 20.6 Å². The zero-order chi connectivity index (χ0) is 14.0. The normalized spacial score (nSPS) is 10.4. The number of aromatic nitrogens is 2. The molecule has 0 saturated heterocycles. The average Bonchev–Trinajstić information content (AvgIpc) is 2.36. The highest BCUT2D eigenvalue weighted by atomic mass is 19.1. The molecule has 1 heterocycles. The van der Waals surface area contributed by atoms with Gasteiger partial charge in [-0.3, -0.25) is 14.2 Å². The lowest BCUT2D eigenvalue weighted by Crippen LogP contribution is -2.27. The predicted molar refractivity (Wildman–Crippen MR) is 61.5 cm³/mol. The number of halogens is 2. The Labute approximate surface area is 105 Å². The van der Waals surface area contributed by atoms with E-state index in [1.165, 1.54) is 12.1 Å². The first-order chi connectivity index (χ1) is 8.99. The number of carboxylic acids is 1. The van der Waals surface area contributed by atoms with Crippen molar-refractivity contribution in [3.05, 3.63) is 52.6 Å². The third kappa shape index (κ3) is 2.65. The van der Waals surface area contributed by atoms with E-state index in [-0.39, 0.29) is 11.3 Å². The monoisotopic (exact) mass is 266 g/mol. The van der Waals surface area contributed by atoms with Crippen LogP contribution in [0.2, 0.25) is 0 Å². The molecule has 0 aliphatic rings. The van der Waals surface area contributed by atoms with Gasteiger partial charge in [-0.05, 0) is 24.3 Å². The van der Waals surface area contributed by atoms with Gasteiger partial charge in [0, 0.05) is 5.56 Å². The van der Waals surface area contributed by atoms with Crippen LogP contribution in [0.25, 0.3) is 11.3 Å². The summed E-state index contributed by atoms with van der Waals surface area (Å²) in [6.07, 6.45) is 0.943. The second kappa shape index (κ2) is 4.97. The van der Waals surface area contributed by atoms with Gasteiger partial charge in [-0.25, -0.2) is 9.37 Å². The van der Waals surface area contributed by atoms with Gasteiger partial charge in [0.15, 0.2) is 0 Å². The first-order valence-corrected chi connectivity index (χ1v) is 5.21. The van der Waals surface area contributed by atoms with Gasteiger partial charge in [0.05, 0.1) is 6.33 Å². The van der Waals surface area contributed by atoms with Crippen molar-refractivity contribution in [2.24, 2.45) is 0 Å². The van der Waals surface area contributed by atoms with Crippen LogP contribution in [0.3, 0.4) is 0 Å². The predicted octanol–water partition coefficient (Wildman–Crippen LogP) is 1.27. The molecule has 2 rings (SSSR count). The summed E-state index contributed by atoms with van der Waals surface area (Å²) in [5.41, 5.74) is -1.10. The van der Waals surface area contributed by atoms with Crippen LogP contribution >= 0.6 is 0 Å². The third-order valence-electron chi connectivity index (χ3n) is 2.41. The Bertz CT molecular complexity index is 680. The zero-order valence-corrected chi connectivity index (χ0v) is 9.51. The number of hydrogen-bond donors (Lipinski definition) is 1. The van der Waals surface area contributed by atoms with Gasteiger partial charge in [-0.15, -0.1) is 0 Å². The summed E-state index contributed by atoms with van der Waals surface area (Å²) in [5.74, 6) is -2.95. The molecule has 7 heteroatoms. The van der Waals surface area contributed by atoms with E-state index in [2.05, 4.69) is 4.98 Å². The molecule has 0 aliphatic carbocycles. The summed E-state index contributed by atoms with van der Waals surface area (Å²) in [6.45, 7) is -0.674. The molecule has 0 saturated carbocycles. The lowest BCUT2D eigenvalue weighted by molar-refractivity contribution is -0.137. The standard InChI is InChI=1S/C12H8F2N2O3/c13-8-3-1-7(2-4-8)11-10(14)12(19)16(6-15-11)5-9(17)18/h1-4,6H,5H2,(H,17,18). The molecule has 0 unspecified atom stereocenters. The van der Waals surface area contributed by atoms with Gasteiger partial charge in [0.25, 0.3) is 5.56 Å². The maximum atomic E-state index is 13.8. The van der Waals surface area contributed by atoms with E-state index in [0.29, 0.717) is 4.57 Å². The minimum absolute atomic E-state index is 0.235. The summed E-state index contributed by atoms with van der Waals surface area (Å²) in [5, 5.41) is 8.55. The first kappa shape index (κ1) is 12.9. The van der Waals surface area contributed by atoms with Gasteiger partial charge in [0.1, 0.15) is 18.1 Å². The molecule has 1 aromatic heterocycles. The van der Waals surface area contributed by atoms with Crippen LogP contribution in [0.1, 0.15) is 0 Å². The number of carbonyl (C=O) groups is 1. The lowest BCUT2D eigenvalue weighted by atomic mass is 10.1. The molecular formula is C12H8F2N2O3. The largest absolute Gasteiger partial charge is 0.480 e. The number of hydrogen-bond acceptors (Lipinski definition) is 3. The van der Waals surface area contributed by atoms with E-state index >= 15 is 0 Å². The Hall–Kier alpha value is -2.57. The van der Waals surface area contributed by atoms with E-state index < -0.39 is 29.7 Å². The van der Waals surface area contributed by atoms with Crippen molar-refractivity contribution in [1.29, 1.82) is 0 Å². The summed E-state index contributed by atoms with van der Waals surface area (Å²) >= 11 is 0. The maximum absolute atomic E-state index is 13.8. The fourth-order valence-corrected chi connectivity index (χ4v) is 1.53. The van der Waals surface area contributed by atoms with Crippen molar-refractivity contribution >= 4 is 5.97 Å². The molecule has 0 aliphatic heterocycles. The van der Waals surface area contributed by atoms with E-state index in [1.807, 2.05) is 0 Å². The molecule has 2 aromatic rings. The van der Waals surface area contributed by atoms with Crippen LogP contribution < -0.4 is 5.56 Å². The Morgan fingerprint density at radius 3 is 2.47 bits per heavy atom. The molecule has 98 valence electrons. The second-order valence-electron chi connectivity index (χ2n) is 3.74. The Morgan fingerprint density at radius 2 is 1.89 bits per heavy atom. The summed E-state index contributed by atoms with van der Waals surface area (Å²) < 4.78 is 27.2. The van der Waals surface area contributed by atoms with Crippen molar-refractivity contribution in [2.75, 3.05) is 0 Å². The van der Waals surface area contributed by atoms with E-state index in [0.717, 1.165) is 18.5 Å². The third-order valence-corrected chi connectivity index (χ3v) is 2.41. The molecule has 0 fully saturated rings. The topological polar surface area (TPSA) is 72.2 Å². The highest BCUT2D eigenvalue weighted by Crippen LogP contribution is 2.18. The average molecular weight is 266 g/mol. The number of benzene rings is 1. The molecule has 1 N–H and O–H groups in total. The SMILES string of the molecule is O=C(O)Cn1cnc(-c2ccc(F)cc2)c(F)c1=O. The van der Waals surface area contributed by atoms with E-state index in [4.69, 9.17) is 5.11 Å². The van der Waals surface area contributed by atoms with Crippen LogP contribution in [0, 0.1) is 11.6 Å². The molecule has 0 bridgehead atoms. The Balaban J connectivity index is 2.49. The lowest BCUT2D eigenvalue weighted by Gasteiger charge is -2.05. The van der Waals surface area contributed by atoms with E-state index in [1.54, 1.807) is 0 Å². The van der Waals surface area contributed by atoms with Crippen molar-refractivity contribution < 1.29 is 18.7 Å². The Morgan fingerprint density at radius 1 is 1.26 bits per heavy atom. The minimum atomic E-state index is -1.28. The van der Waals surface area contributed by atoms with Crippen LogP contribution in [-0.2, 0) is 11.3 Å². The van der Waals surface area contributed by atoms with E-state index in [9.17, 15) is 18.4 Å². The summed E-state index contributed by atoms with van der Waals surface area (Å²) in [7, 11) is 0. The fourth-order valence-electron chi connectivity index (χ4n) is 1.53. The number of nitrogens with zero attached hydrogens (tertiary/aromatic N) is 2. The quantitative estimate of drug-likeness (QED) is 0.908. The highest BCUT2D eigenvalue weighted by Gasteiger charge is 2.14. The molecule has 1 aromatic carbocycles. The van der Waals surface area contributed by atoms with Crippen LogP contribution in [0.15, 0.2) is 35.4 Å². The maximum Gasteiger partial charge on any atom is 0.323 e. The van der Waals surface area contributed by atoms with Gasteiger partial charge in [-0.2, -0.15) is 4.39 Å². The molecule has 0 amide bonds. The van der Waals surface area contributed by atoms with Crippen molar-refractivity contribution in [1.82, 2.24) is 9.55 Å². The molecule has 0 spiro atoms. The molecule has 5 nitrogen and oxygen atoms in total. The van der Waals surface area contributed by atoms with Gasteiger partial charge in [-0.1, -0.05) is 0 Å².